The minimum absolute atomic E-state index is 0.0558. The van der Waals surface area contributed by atoms with E-state index in [-0.39, 0.29) is 47.5 Å². The first-order chi connectivity index (χ1) is 22.6. The average molecular weight is 656 g/mol. The van der Waals surface area contributed by atoms with Crippen LogP contribution in [0.25, 0.3) is 0 Å². The van der Waals surface area contributed by atoms with Gasteiger partial charge in [-0.15, -0.1) is 0 Å². The first-order valence-corrected chi connectivity index (χ1v) is 15.1. The molecule has 0 unspecified atom stereocenters. The number of benzene rings is 2. The number of ether oxygens (including phenoxy) is 2. The maximum absolute atomic E-state index is 14.7. The molecule has 0 bridgehead atoms. The molecule has 248 valence electrons. The summed E-state index contributed by atoms with van der Waals surface area (Å²) in [5, 5.41) is 14.8. The maximum atomic E-state index is 14.7. The van der Waals surface area contributed by atoms with E-state index in [1.807, 2.05) is 0 Å². The lowest BCUT2D eigenvalue weighted by Gasteiger charge is -2.26. The Balaban J connectivity index is 1.41. The first-order valence-electron chi connectivity index (χ1n) is 15.1. The lowest BCUT2D eigenvalue weighted by Crippen LogP contribution is -2.37. The molecule has 1 fully saturated rings. The molecule has 2 aromatic heterocycles. The topological polar surface area (TPSA) is 108 Å². The Kier molecular flexibility index (Phi) is 10.9. The molecule has 1 saturated heterocycles. The fraction of sp³-hybridized carbons (Fsp3) is 0.333. The predicted molar refractivity (Wildman–Crippen MR) is 167 cm³/mol. The lowest BCUT2D eigenvalue weighted by molar-refractivity contribution is -0.137. The van der Waals surface area contributed by atoms with E-state index in [1.165, 1.54) is 18.5 Å². The molecule has 0 amide bonds. The Morgan fingerprint density at radius 2 is 1.79 bits per heavy atom. The second-order valence-electron chi connectivity index (χ2n) is 10.7. The number of hydrogen-bond acceptors (Lipinski definition) is 9. The van der Waals surface area contributed by atoms with E-state index < -0.39 is 23.4 Å². The number of hydrogen-bond donors (Lipinski definition) is 3. The SMILES string of the molecule is CCOc1cc(F)c(CNc2ccccc2C(=N)c2ncc(CCCN3CCOCC3)c(Nc3ccncc3C(F)(F)F)n2)c(F)c1. The Morgan fingerprint density at radius 1 is 1.04 bits per heavy atom. The largest absolute Gasteiger partial charge is 0.494 e. The monoisotopic (exact) mass is 655 g/mol. The summed E-state index contributed by atoms with van der Waals surface area (Å²) in [7, 11) is 0. The summed E-state index contributed by atoms with van der Waals surface area (Å²) in [5.74, 6) is -1.42. The first kappa shape index (κ1) is 33.7. The molecule has 47 heavy (non-hydrogen) atoms. The van der Waals surface area contributed by atoms with Crippen molar-refractivity contribution in [3.05, 3.63) is 101 Å². The molecule has 2 aromatic carbocycles. The van der Waals surface area contributed by atoms with Gasteiger partial charge in [0.2, 0.25) is 0 Å². The number of halogens is 5. The molecule has 0 radical (unpaired) electrons. The van der Waals surface area contributed by atoms with Gasteiger partial charge in [-0.1, -0.05) is 18.2 Å². The zero-order valence-corrected chi connectivity index (χ0v) is 25.6. The Bertz CT molecular complexity index is 1670. The van der Waals surface area contributed by atoms with Crippen molar-refractivity contribution in [3.63, 3.8) is 0 Å². The third-order valence-electron chi connectivity index (χ3n) is 7.57. The second-order valence-corrected chi connectivity index (χ2v) is 10.7. The molecule has 3 heterocycles. The number of aromatic nitrogens is 3. The summed E-state index contributed by atoms with van der Waals surface area (Å²) in [6, 6.07) is 10.1. The predicted octanol–water partition coefficient (Wildman–Crippen LogP) is 6.60. The van der Waals surface area contributed by atoms with E-state index in [2.05, 4.69) is 30.5 Å². The highest BCUT2D eigenvalue weighted by Crippen LogP contribution is 2.36. The summed E-state index contributed by atoms with van der Waals surface area (Å²) in [6.07, 6.45) is -0.00358. The van der Waals surface area contributed by atoms with Crippen LogP contribution in [-0.4, -0.2) is 65.0 Å². The van der Waals surface area contributed by atoms with Gasteiger partial charge in [0.05, 0.1) is 31.1 Å². The number of pyridine rings is 1. The van der Waals surface area contributed by atoms with Crippen molar-refractivity contribution >= 4 is 22.9 Å². The van der Waals surface area contributed by atoms with Crippen LogP contribution in [0.2, 0.25) is 0 Å². The van der Waals surface area contributed by atoms with Crippen LogP contribution in [-0.2, 0) is 23.9 Å². The van der Waals surface area contributed by atoms with Gasteiger partial charge >= 0.3 is 6.18 Å². The van der Waals surface area contributed by atoms with E-state index in [1.54, 1.807) is 31.2 Å². The van der Waals surface area contributed by atoms with Crippen molar-refractivity contribution in [2.24, 2.45) is 0 Å². The van der Waals surface area contributed by atoms with Gasteiger partial charge in [0, 0.05) is 72.7 Å². The molecule has 4 aromatic rings. The summed E-state index contributed by atoms with van der Waals surface area (Å²) in [5.41, 5.74) is -0.271. The molecule has 0 aliphatic carbocycles. The zero-order valence-electron chi connectivity index (χ0n) is 25.6. The van der Waals surface area contributed by atoms with Crippen LogP contribution in [0.3, 0.4) is 0 Å². The van der Waals surface area contributed by atoms with E-state index in [0.29, 0.717) is 42.9 Å². The fourth-order valence-electron chi connectivity index (χ4n) is 5.15. The number of nitrogens with zero attached hydrogens (tertiary/aromatic N) is 4. The van der Waals surface area contributed by atoms with E-state index in [4.69, 9.17) is 14.9 Å². The fourth-order valence-corrected chi connectivity index (χ4v) is 5.15. The second kappa shape index (κ2) is 15.3. The molecule has 14 heteroatoms. The van der Waals surface area contributed by atoms with Gasteiger partial charge in [-0.05, 0) is 38.4 Å². The summed E-state index contributed by atoms with van der Waals surface area (Å²) < 4.78 is 81.4. The third-order valence-corrected chi connectivity index (χ3v) is 7.57. The highest BCUT2D eigenvalue weighted by Gasteiger charge is 2.34. The van der Waals surface area contributed by atoms with Crippen molar-refractivity contribution in [1.82, 2.24) is 19.9 Å². The molecular formula is C33H34F5N7O2. The number of nitrogens with one attached hydrogen (secondary N) is 3. The van der Waals surface area contributed by atoms with Gasteiger partial charge in [-0.2, -0.15) is 13.2 Å². The van der Waals surface area contributed by atoms with Crippen LogP contribution >= 0.6 is 0 Å². The van der Waals surface area contributed by atoms with Gasteiger partial charge in [0.1, 0.15) is 28.9 Å². The maximum Gasteiger partial charge on any atom is 0.419 e. The van der Waals surface area contributed by atoms with Gasteiger partial charge in [0.15, 0.2) is 5.82 Å². The van der Waals surface area contributed by atoms with Crippen LogP contribution in [0, 0.1) is 17.0 Å². The minimum atomic E-state index is -4.66. The minimum Gasteiger partial charge on any atom is -0.494 e. The molecule has 5 rings (SSSR count). The third kappa shape index (κ3) is 8.57. The van der Waals surface area contributed by atoms with E-state index >= 15 is 0 Å². The van der Waals surface area contributed by atoms with Gasteiger partial charge in [0.25, 0.3) is 0 Å². The summed E-state index contributed by atoms with van der Waals surface area (Å²) in [4.78, 5) is 14.8. The molecule has 0 spiro atoms. The standard InChI is InChI=1S/C33H34F5N7O2/c1-2-47-22-16-26(34)24(27(35)17-22)19-41-28-8-4-3-7-23(28)30(39)32-42-18-21(6-5-11-45-12-14-46-15-13-45)31(44-32)43-29-9-10-40-20-25(29)33(36,37)38/h3-4,7-10,16-18,20,39,41H,2,5-6,11-15,19H2,1H3,(H,40,42,43,44). The molecule has 3 N–H and O–H groups in total. The van der Waals surface area contributed by atoms with Gasteiger partial charge in [-0.25, -0.2) is 18.7 Å². The molecule has 9 nitrogen and oxygen atoms in total. The summed E-state index contributed by atoms with van der Waals surface area (Å²) >= 11 is 0. The Hall–Kier alpha value is -4.69. The van der Waals surface area contributed by atoms with Crippen LogP contribution in [0.15, 0.2) is 61.1 Å². The Labute approximate surface area is 268 Å². The molecule has 1 aliphatic heterocycles. The normalized spacial score (nSPS) is 13.7. The number of alkyl halides is 3. The average Bonchev–Trinajstić information content (AvgIpc) is 3.05. The van der Waals surface area contributed by atoms with Crippen molar-refractivity contribution in [3.8, 4) is 5.75 Å². The van der Waals surface area contributed by atoms with Crippen LogP contribution in [0.4, 0.5) is 39.1 Å². The van der Waals surface area contributed by atoms with Crippen LogP contribution in [0.1, 0.15) is 41.4 Å². The van der Waals surface area contributed by atoms with E-state index in [9.17, 15) is 22.0 Å². The number of aryl methyl sites for hydroxylation is 1. The molecular weight excluding hydrogens is 621 g/mol. The summed E-state index contributed by atoms with van der Waals surface area (Å²) in [6.45, 7) is 5.39. The number of morpholine rings is 1. The van der Waals surface area contributed by atoms with Crippen molar-refractivity contribution < 1.29 is 31.4 Å². The smallest absolute Gasteiger partial charge is 0.419 e. The van der Waals surface area contributed by atoms with Gasteiger partial charge < -0.3 is 20.1 Å². The van der Waals surface area contributed by atoms with Crippen LogP contribution < -0.4 is 15.4 Å². The van der Waals surface area contributed by atoms with E-state index in [0.717, 1.165) is 38.0 Å². The zero-order chi connectivity index (χ0) is 33.4. The van der Waals surface area contributed by atoms with Crippen molar-refractivity contribution in [2.75, 3.05) is 50.1 Å². The highest BCUT2D eigenvalue weighted by atomic mass is 19.4. The van der Waals surface area contributed by atoms with Gasteiger partial charge in [-0.3, -0.25) is 15.3 Å². The molecule has 0 atom stereocenters. The Morgan fingerprint density at radius 3 is 2.51 bits per heavy atom. The number of anilines is 3. The number of rotatable bonds is 13. The van der Waals surface area contributed by atoms with Crippen molar-refractivity contribution in [2.45, 2.75) is 32.5 Å². The van der Waals surface area contributed by atoms with Crippen molar-refractivity contribution in [1.29, 1.82) is 5.41 Å². The lowest BCUT2D eigenvalue weighted by atomic mass is 10.1. The molecule has 1 aliphatic rings. The molecule has 0 saturated carbocycles. The highest BCUT2D eigenvalue weighted by molar-refractivity contribution is 6.12. The quantitative estimate of drug-likeness (QED) is 0.109. The number of para-hydroxylation sites is 1. The van der Waals surface area contributed by atoms with Crippen LogP contribution in [0.5, 0.6) is 5.75 Å².